The van der Waals surface area contributed by atoms with Crippen molar-refractivity contribution >= 4 is 11.8 Å². The van der Waals surface area contributed by atoms with Crippen molar-refractivity contribution in [3.63, 3.8) is 0 Å². The van der Waals surface area contributed by atoms with Crippen LogP contribution in [0.3, 0.4) is 0 Å². The highest BCUT2D eigenvalue weighted by Crippen LogP contribution is 2.22. The van der Waals surface area contributed by atoms with E-state index >= 15 is 0 Å². The number of nitrogens with one attached hydrogen (secondary N) is 2. The molecule has 8 nitrogen and oxygen atoms in total. The average Bonchev–Trinajstić information content (AvgIpc) is 3.38. The summed E-state index contributed by atoms with van der Waals surface area (Å²) in [5.41, 5.74) is 0.949. The predicted octanol–water partition coefficient (Wildman–Crippen LogP) is 1.50. The van der Waals surface area contributed by atoms with Crippen molar-refractivity contribution in [3.8, 4) is 11.4 Å². The second-order valence-corrected chi connectivity index (χ2v) is 7.71. The molecule has 0 spiro atoms. The van der Waals surface area contributed by atoms with Gasteiger partial charge in [-0.2, -0.15) is 5.10 Å². The molecule has 1 aromatic carbocycles. The standard InChI is InChI=1S/C21H28N6O2/c1-15-20-24-19(16-7-3-2-4-8-16)25-27(20)14-12-22-11-5-10-18(28)26-13-6-9-17(26)21(29)23-15/h2-4,7-8,15,17,22H,5-6,9-14H2,1H3,(H,23,29)/t15-,17-/m0/s1. The van der Waals surface area contributed by atoms with Gasteiger partial charge in [0.15, 0.2) is 5.82 Å². The molecule has 2 aromatic rings. The number of rotatable bonds is 1. The lowest BCUT2D eigenvalue weighted by atomic mass is 10.1. The third kappa shape index (κ3) is 4.32. The van der Waals surface area contributed by atoms with E-state index in [9.17, 15) is 9.59 Å². The van der Waals surface area contributed by atoms with Crippen molar-refractivity contribution in [2.24, 2.45) is 0 Å². The Morgan fingerprint density at radius 2 is 1.90 bits per heavy atom. The zero-order valence-corrected chi connectivity index (χ0v) is 16.8. The zero-order chi connectivity index (χ0) is 20.2. The molecule has 3 heterocycles. The molecule has 0 bridgehead atoms. The number of benzene rings is 1. The van der Waals surface area contributed by atoms with Crippen LogP contribution in [-0.4, -0.2) is 57.2 Å². The molecular weight excluding hydrogens is 368 g/mol. The predicted molar refractivity (Wildman–Crippen MR) is 109 cm³/mol. The number of hydrogen-bond donors (Lipinski definition) is 2. The lowest BCUT2D eigenvalue weighted by molar-refractivity contribution is -0.138. The van der Waals surface area contributed by atoms with E-state index in [4.69, 9.17) is 10.1 Å². The Labute approximate surface area is 170 Å². The second kappa shape index (κ2) is 8.73. The molecule has 154 valence electrons. The highest BCUT2D eigenvalue weighted by Gasteiger charge is 2.34. The maximum absolute atomic E-state index is 12.9. The Kier molecular flexibility index (Phi) is 5.89. The molecule has 8 heteroatoms. The summed E-state index contributed by atoms with van der Waals surface area (Å²) in [6.07, 6.45) is 2.81. The molecule has 1 saturated heterocycles. The number of fused-ring (bicyclic) bond motifs is 2. The molecule has 2 atom stereocenters. The van der Waals surface area contributed by atoms with E-state index in [1.54, 1.807) is 4.90 Å². The number of nitrogens with zero attached hydrogens (tertiary/aromatic N) is 4. The van der Waals surface area contributed by atoms with E-state index < -0.39 is 0 Å². The van der Waals surface area contributed by atoms with Gasteiger partial charge in [-0.1, -0.05) is 30.3 Å². The van der Waals surface area contributed by atoms with Gasteiger partial charge in [0.2, 0.25) is 11.8 Å². The molecule has 1 fully saturated rings. The van der Waals surface area contributed by atoms with Gasteiger partial charge in [-0.05, 0) is 32.7 Å². The van der Waals surface area contributed by atoms with Gasteiger partial charge in [-0.15, -0.1) is 0 Å². The summed E-state index contributed by atoms with van der Waals surface area (Å²) < 4.78 is 1.88. The maximum atomic E-state index is 12.9. The molecule has 29 heavy (non-hydrogen) atoms. The molecule has 0 aliphatic carbocycles. The van der Waals surface area contributed by atoms with E-state index in [1.165, 1.54) is 0 Å². The monoisotopic (exact) mass is 396 g/mol. The van der Waals surface area contributed by atoms with Crippen LogP contribution >= 0.6 is 0 Å². The smallest absolute Gasteiger partial charge is 0.243 e. The summed E-state index contributed by atoms with van der Waals surface area (Å²) in [5, 5.41) is 11.2. The molecule has 2 N–H and O–H groups in total. The fraction of sp³-hybridized carbons (Fsp3) is 0.524. The molecule has 0 saturated carbocycles. The molecular formula is C21H28N6O2. The first kappa shape index (κ1) is 19.6. The fourth-order valence-electron chi connectivity index (χ4n) is 4.08. The van der Waals surface area contributed by atoms with Crippen LogP contribution in [0.4, 0.5) is 0 Å². The van der Waals surface area contributed by atoms with Gasteiger partial charge in [0, 0.05) is 25.1 Å². The first-order valence-corrected chi connectivity index (χ1v) is 10.4. The second-order valence-electron chi connectivity index (χ2n) is 7.71. The Morgan fingerprint density at radius 3 is 2.72 bits per heavy atom. The van der Waals surface area contributed by atoms with Crippen molar-refractivity contribution in [1.82, 2.24) is 30.3 Å². The fourth-order valence-corrected chi connectivity index (χ4v) is 4.08. The maximum Gasteiger partial charge on any atom is 0.243 e. The van der Waals surface area contributed by atoms with Crippen LogP contribution in [0.2, 0.25) is 0 Å². The minimum atomic E-state index is -0.384. The van der Waals surface area contributed by atoms with Crippen molar-refractivity contribution in [2.45, 2.75) is 51.2 Å². The van der Waals surface area contributed by atoms with Gasteiger partial charge in [0.05, 0.1) is 12.6 Å². The number of carbonyl (C=O) groups is 2. The summed E-state index contributed by atoms with van der Waals surface area (Å²) >= 11 is 0. The van der Waals surface area contributed by atoms with Crippen LogP contribution < -0.4 is 10.6 Å². The van der Waals surface area contributed by atoms with Gasteiger partial charge < -0.3 is 15.5 Å². The van der Waals surface area contributed by atoms with Crippen molar-refractivity contribution < 1.29 is 9.59 Å². The SMILES string of the molecule is C[C@@H]1NC(=O)[C@@H]2CCCN2C(=O)CCCNCCn2nc(-c3ccccc3)nc21. The molecule has 1 aromatic heterocycles. The summed E-state index contributed by atoms with van der Waals surface area (Å²) in [4.78, 5) is 32.0. The largest absolute Gasteiger partial charge is 0.345 e. The van der Waals surface area contributed by atoms with E-state index in [1.807, 2.05) is 41.9 Å². The van der Waals surface area contributed by atoms with Crippen LogP contribution in [0.15, 0.2) is 30.3 Å². The van der Waals surface area contributed by atoms with Gasteiger partial charge in [0.1, 0.15) is 11.9 Å². The number of hydrogen-bond acceptors (Lipinski definition) is 5. The zero-order valence-electron chi connectivity index (χ0n) is 16.8. The third-order valence-corrected chi connectivity index (χ3v) is 5.60. The van der Waals surface area contributed by atoms with E-state index in [0.29, 0.717) is 31.8 Å². The van der Waals surface area contributed by atoms with Crippen LogP contribution in [0, 0.1) is 0 Å². The minimum Gasteiger partial charge on any atom is -0.345 e. The molecule has 2 amide bonds. The Balaban J connectivity index is 1.61. The number of aromatic nitrogens is 3. The first-order chi connectivity index (χ1) is 14.1. The summed E-state index contributed by atoms with van der Waals surface area (Å²) in [5.74, 6) is 1.36. The van der Waals surface area contributed by atoms with Crippen molar-refractivity contribution in [3.05, 3.63) is 36.2 Å². The van der Waals surface area contributed by atoms with Crippen LogP contribution in [0.25, 0.3) is 11.4 Å². The quantitative estimate of drug-likeness (QED) is 0.762. The average molecular weight is 396 g/mol. The minimum absolute atomic E-state index is 0.0729. The lowest BCUT2D eigenvalue weighted by Crippen LogP contribution is -2.47. The Bertz CT molecular complexity index is 865. The number of carbonyl (C=O) groups excluding carboxylic acids is 2. The molecule has 4 rings (SSSR count). The topological polar surface area (TPSA) is 92.2 Å². The number of amides is 2. The van der Waals surface area contributed by atoms with Crippen LogP contribution in [0.1, 0.15) is 44.5 Å². The van der Waals surface area contributed by atoms with Crippen molar-refractivity contribution in [2.75, 3.05) is 19.6 Å². The van der Waals surface area contributed by atoms with Gasteiger partial charge in [-0.3, -0.25) is 9.59 Å². The van der Waals surface area contributed by atoms with Crippen molar-refractivity contribution in [1.29, 1.82) is 0 Å². The van der Waals surface area contributed by atoms with Gasteiger partial charge in [0.25, 0.3) is 0 Å². The molecule has 0 radical (unpaired) electrons. The lowest BCUT2D eigenvalue weighted by Gasteiger charge is -2.26. The Morgan fingerprint density at radius 1 is 1.07 bits per heavy atom. The Hall–Kier alpha value is -2.74. The molecule has 2 aliphatic heterocycles. The van der Waals surface area contributed by atoms with Crippen LogP contribution in [0.5, 0.6) is 0 Å². The van der Waals surface area contributed by atoms with E-state index in [-0.39, 0.29) is 23.9 Å². The highest BCUT2D eigenvalue weighted by molar-refractivity contribution is 5.88. The normalized spacial score (nSPS) is 23.8. The summed E-state index contributed by atoms with van der Waals surface area (Å²) in [6, 6.07) is 9.17. The first-order valence-electron chi connectivity index (χ1n) is 10.4. The molecule has 0 unspecified atom stereocenters. The van der Waals surface area contributed by atoms with E-state index in [0.717, 1.165) is 37.3 Å². The van der Waals surface area contributed by atoms with Crippen LogP contribution in [-0.2, 0) is 16.1 Å². The summed E-state index contributed by atoms with van der Waals surface area (Å²) in [7, 11) is 0. The molecule has 2 aliphatic rings. The van der Waals surface area contributed by atoms with E-state index in [2.05, 4.69) is 10.6 Å². The summed E-state index contributed by atoms with van der Waals surface area (Å²) in [6.45, 7) is 4.73. The third-order valence-electron chi connectivity index (χ3n) is 5.60. The van der Waals surface area contributed by atoms with Gasteiger partial charge >= 0.3 is 0 Å². The van der Waals surface area contributed by atoms with Gasteiger partial charge in [-0.25, -0.2) is 9.67 Å². The highest BCUT2D eigenvalue weighted by atomic mass is 16.2.